The van der Waals surface area contributed by atoms with E-state index in [1.165, 1.54) is 0 Å². The quantitative estimate of drug-likeness (QED) is 0.800. The Bertz CT molecular complexity index is 365. The minimum atomic E-state index is -3.08. The monoisotopic (exact) mass is 279 g/mol. The van der Waals surface area contributed by atoms with Gasteiger partial charge in [-0.2, -0.15) is 0 Å². The van der Waals surface area contributed by atoms with E-state index < -0.39 is 42.5 Å². The van der Waals surface area contributed by atoms with Crippen molar-refractivity contribution in [3.63, 3.8) is 0 Å². The first-order chi connectivity index (χ1) is 8.50. The lowest BCUT2D eigenvalue weighted by molar-refractivity contribution is -0.142. The smallest absolute Gasteiger partial charge is 0.410 e. The first kappa shape index (κ1) is 15.7. The molecule has 0 aliphatic carbocycles. The highest BCUT2D eigenvalue weighted by atomic mass is 19.3. The molecule has 0 aromatic heterocycles. The summed E-state index contributed by atoms with van der Waals surface area (Å²) in [7, 11) is 0. The van der Waals surface area contributed by atoms with Crippen molar-refractivity contribution in [1.29, 1.82) is 0 Å². The summed E-state index contributed by atoms with van der Waals surface area (Å²) < 4.78 is 32.0. The van der Waals surface area contributed by atoms with Crippen LogP contribution in [0.1, 0.15) is 33.6 Å². The van der Waals surface area contributed by atoms with Gasteiger partial charge in [0.15, 0.2) is 0 Å². The van der Waals surface area contributed by atoms with Crippen LogP contribution in [0.3, 0.4) is 0 Å². The van der Waals surface area contributed by atoms with Crippen LogP contribution in [-0.2, 0) is 9.53 Å². The molecule has 1 saturated heterocycles. The number of nitrogens with zero attached hydrogens (tertiary/aromatic N) is 1. The Hall–Kier alpha value is -1.40. The van der Waals surface area contributed by atoms with E-state index >= 15 is 0 Å². The van der Waals surface area contributed by atoms with Gasteiger partial charge in [-0.05, 0) is 27.2 Å². The van der Waals surface area contributed by atoms with Crippen LogP contribution in [0.5, 0.6) is 0 Å². The van der Waals surface area contributed by atoms with Gasteiger partial charge in [0.2, 0.25) is 0 Å². The van der Waals surface area contributed by atoms with Crippen LogP contribution in [0.2, 0.25) is 0 Å². The van der Waals surface area contributed by atoms with Crippen molar-refractivity contribution >= 4 is 12.1 Å². The molecule has 0 aromatic carbocycles. The summed E-state index contributed by atoms with van der Waals surface area (Å²) in [5, 5.41) is 8.94. The van der Waals surface area contributed by atoms with E-state index in [4.69, 9.17) is 9.84 Å². The average molecular weight is 279 g/mol. The highest BCUT2D eigenvalue weighted by Crippen LogP contribution is 2.29. The van der Waals surface area contributed by atoms with E-state index in [2.05, 4.69) is 0 Å². The molecule has 1 rings (SSSR count). The number of ether oxygens (including phenoxy) is 1. The van der Waals surface area contributed by atoms with Gasteiger partial charge in [0, 0.05) is 13.0 Å². The van der Waals surface area contributed by atoms with Crippen molar-refractivity contribution in [3.8, 4) is 0 Å². The first-order valence-corrected chi connectivity index (χ1v) is 6.09. The van der Waals surface area contributed by atoms with Gasteiger partial charge in [0.05, 0.1) is 12.5 Å². The van der Waals surface area contributed by atoms with Gasteiger partial charge in [-0.25, -0.2) is 13.6 Å². The number of hydrogen-bond acceptors (Lipinski definition) is 3. The Labute approximate surface area is 110 Å². The number of likely N-dealkylation sites (tertiary alicyclic amines) is 1. The summed E-state index contributed by atoms with van der Waals surface area (Å²) in [4.78, 5) is 23.5. The van der Waals surface area contributed by atoms with Crippen molar-refractivity contribution in [1.82, 2.24) is 4.90 Å². The van der Waals surface area contributed by atoms with Crippen LogP contribution in [0.25, 0.3) is 0 Å². The second-order valence-electron chi connectivity index (χ2n) is 5.79. The van der Waals surface area contributed by atoms with Crippen LogP contribution < -0.4 is 0 Å². The Morgan fingerprint density at radius 2 is 1.95 bits per heavy atom. The Morgan fingerprint density at radius 1 is 1.37 bits per heavy atom. The molecule has 0 saturated carbocycles. The molecule has 1 aliphatic heterocycles. The van der Waals surface area contributed by atoms with E-state index in [9.17, 15) is 18.4 Å². The van der Waals surface area contributed by atoms with Crippen LogP contribution in [-0.4, -0.2) is 46.7 Å². The number of amides is 1. The molecule has 0 unspecified atom stereocenters. The Morgan fingerprint density at radius 3 is 2.42 bits per heavy atom. The van der Waals surface area contributed by atoms with Crippen LogP contribution in [0.4, 0.5) is 13.6 Å². The number of rotatable bonds is 1. The maximum Gasteiger partial charge on any atom is 0.410 e. The lowest BCUT2D eigenvalue weighted by atomic mass is 10.0. The molecule has 1 amide bonds. The van der Waals surface area contributed by atoms with Gasteiger partial charge in [0.25, 0.3) is 5.92 Å². The second kappa shape index (κ2) is 5.30. The zero-order chi connectivity index (χ0) is 14.8. The van der Waals surface area contributed by atoms with Crippen molar-refractivity contribution in [2.75, 3.05) is 13.1 Å². The van der Waals surface area contributed by atoms with Gasteiger partial charge in [-0.3, -0.25) is 4.79 Å². The van der Waals surface area contributed by atoms with E-state index in [1.54, 1.807) is 20.8 Å². The maximum absolute atomic E-state index is 13.5. The fourth-order valence-electron chi connectivity index (χ4n) is 1.83. The molecular formula is C12H19F2NO4. The van der Waals surface area contributed by atoms with Crippen molar-refractivity contribution < 1.29 is 28.2 Å². The van der Waals surface area contributed by atoms with Crippen LogP contribution in [0.15, 0.2) is 0 Å². The SMILES string of the molecule is CC(C)(C)OC(=O)N1C[C@@H](C(=O)O)CCC(F)(F)C1. The number of carbonyl (C=O) groups excluding carboxylic acids is 1. The molecule has 1 fully saturated rings. The van der Waals surface area contributed by atoms with E-state index in [0.29, 0.717) is 0 Å². The number of aliphatic carboxylic acids is 1. The van der Waals surface area contributed by atoms with Crippen LogP contribution >= 0.6 is 0 Å². The lowest BCUT2D eigenvalue weighted by Gasteiger charge is -2.28. The molecule has 0 radical (unpaired) electrons. The third-order valence-electron chi connectivity index (χ3n) is 2.72. The molecule has 1 aliphatic rings. The molecule has 110 valence electrons. The van der Waals surface area contributed by atoms with E-state index in [0.717, 1.165) is 4.90 Å². The summed E-state index contributed by atoms with van der Waals surface area (Å²) in [6.07, 6.45) is -1.59. The summed E-state index contributed by atoms with van der Waals surface area (Å²) in [5.41, 5.74) is -0.808. The topological polar surface area (TPSA) is 66.8 Å². The highest BCUT2D eigenvalue weighted by molar-refractivity contribution is 5.73. The lowest BCUT2D eigenvalue weighted by Crippen LogP contribution is -2.44. The van der Waals surface area contributed by atoms with Gasteiger partial charge in [-0.1, -0.05) is 0 Å². The Kier molecular flexibility index (Phi) is 4.37. The predicted molar refractivity (Wildman–Crippen MR) is 63.1 cm³/mol. The zero-order valence-electron chi connectivity index (χ0n) is 11.3. The average Bonchev–Trinajstić information content (AvgIpc) is 2.34. The molecule has 0 spiro atoms. The third-order valence-corrected chi connectivity index (χ3v) is 2.72. The van der Waals surface area contributed by atoms with E-state index in [1.807, 2.05) is 0 Å². The number of hydrogen-bond donors (Lipinski definition) is 1. The van der Waals surface area contributed by atoms with E-state index in [-0.39, 0.29) is 13.0 Å². The summed E-state index contributed by atoms with van der Waals surface area (Å²) >= 11 is 0. The fraction of sp³-hybridized carbons (Fsp3) is 0.833. The zero-order valence-corrected chi connectivity index (χ0v) is 11.3. The largest absolute Gasteiger partial charge is 0.481 e. The van der Waals surface area contributed by atoms with Gasteiger partial charge < -0.3 is 14.7 Å². The Balaban J connectivity index is 2.83. The number of carboxylic acids is 1. The fourth-order valence-corrected chi connectivity index (χ4v) is 1.83. The van der Waals surface area contributed by atoms with Crippen molar-refractivity contribution in [2.24, 2.45) is 5.92 Å². The van der Waals surface area contributed by atoms with Gasteiger partial charge >= 0.3 is 12.1 Å². The molecule has 19 heavy (non-hydrogen) atoms. The standard InChI is InChI=1S/C12H19F2NO4/c1-11(2,3)19-10(18)15-6-8(9(16)17)4-5-12(13,14)7-15/h8H,4-7H2,1-3H3,(H,16,17)/t8-/m0/s1. The summed E-state index contributed by atoms with van der Waals surface area (Å²) in [5.74, 6) is -5.24. The number of halogens is 2. The molecule has 1 heterocycles. The third kappa shape index (κ3) is 5.00. The number of carboxylic acid groups (broad SMARTS) is 1. The first-order valence-electron chi connectivity index (χ1n) is 6.09. The molecule has 7 heteroatoms. The number of alkyl halides is 2. The van der Waals surface area contributed by atoms with Crippen molar-refractivity contribution in [2.45, 2.75) is 45.1 Å². The summed E-state index contributed by atoms with van der Waals surface area (Å²) in [6.45, 7) is 3.81. The molecule has 5 nitrogen and oxygen atoms in total. The molecular weight excluding hydrogens is 260 g/mol. The highest BCUT2D eigenvalue weighted by Gasteiger charge is 2.41. The minimum absolute atomic E-state index is 0.151. The molecule has 0 aromatic rings. The summed E-state index contributed by atoms with van der Waals surface area (Å²) in [6, 6.07) is 0. The predicted octanol–water partition coefficient (Wildman–Crippen LogP) is 2.35. The minimum Gasteiger partial charge on any atom is -0.481 e. The molecule has 1 atom stereocenters. The van der Waals surface area contributed by atoms with Crippen molar-refractivity contribution in [3.05, 3.63) is 0 Å². The molecule has 0 bridgehead atoms. The number of carbonyl (C=O) groups is 2. The normalized spacial score (nSPS) is 23.6. The maximum atomic E-state index is 13.5. The van der Waals surface area contributed by atoms with Gasteiger partial charge in [-0.15, -0.1) is 0 Å². The molecule has 1 N–H and O–H groups in total. The van der Waals surface area contributed by atoms with Gasteiger partial charge in [0.1, 0.15) is 5.60 Å². The van der Waals surface area contributed by atoms with Crippen LogP contribution in [0, 0.1) is 5.92 Å². The second-order valence-corrected chi connectivity index (χ2v) is 5.79.